The summed E-state index contributed by atoms with van der Waals surface area (Å²) >= 11 is 0. The van der Waals surface area contributed by atoms with Gasteiger partial charge < -0.3 is 14.0 Å². The predicted molar refractivity (Wildman–Crippen MR) is 79.6 cm³/mol. The van der Waals surface area contributed by atoms with E-state index in [9.17, 15) is 8.42 Å². The molecule has 1 fully saturated rings. The van der Waals surface area contributed by atoms with Crippen molar-refractivity contribution in [3.05, 3.63) is 24.9 Å². The molecule has 1 atom stereocenters. The molecule has 1 aliphatic heterocycles. The Kier molecular flexibility index (Phi) is 4.18. The molecule has 1 aliphatic rings. The maximum absolute atomic E-state index is 12.5. The second-order valence-electron chi connectivity index (χ2n) is 5.17. The van der Waals surface area contributed by atoms with Crippen molar-refractivity contribution in [3.8, 4) is 11.8 Å². The molecule has 1 saturated heterocycles. The lowest BCUT2D eigenvalue weighted by atomic mass is 10.3. The van der Waals surface area contributed by atoms with E-state index in [1.54, 1.807) is 11.6 Å². The number of ether oxygens (including phenoxy) is 2. The molecule has 0 aliphatic carbocycles. The number of nitrogens with zero attached hydrogens (tertiary/aromatic N) is 5. The molecule has 2 aromatic rings. The van der Waals surface area contributed by atoms with Crippen LogP contribution in [0.25, 0.3) is 0 Å². The average Bonchev–Trinajstić information content (AvgIpc) is 3.17. The molecule has 3 heterocycles. The summed E-state index contributed by atoms with van der Waals surface area (Å²) in [5, 5.41) is 0.0434. The molecule has 0 radical (unpaired) electrons. The van der Waals surface area contributed by atoms with E-state index in [2.05, 4.69) is 15.0 Å². The monoisotopic (exact) mass is 339 g/mol. The summed E-state index contributed by atoms with van der Waals surface area (Å²) in [6.45, 7) is 0.624. The topological polar surface area (TPSA) is 99.4 Å². The Bertz CT molecular complexity index is 791. The number of methoxy groups -OCH3 is 1. The van der Waals surface area contributed by atoms with Gasteiger partial charge in [-0.3, -0.25) is 4.98 Å². The lowest BCUT2D eigenvalue weighted by Crippen LogP contribution is -2.31. The van der Waals surface area contributed by atoms with E-state index < -0.39 is 10.0 Å². The highest BCUT2D eigenvalue weighted by molar-refractivity contribution is 7.89. The van der Waals surface area contributed by atoms with Gasteiger partial charge in [0.2, 0.25) is 11.8 Å². The molecule has 9 nitrogen and oxygen atoms in total. The highest BCUT2D eigenvalue weighted by atomic mass is 32.2. The van der Waals surface area contributed by atoms with Crippen molar-refractivity contribution in [2.45, 2.75) is 17.6 Å². The van der Waals surface area contributed by atoms with Gasteiger partial charge in [-0.15, -0.1) is 0 Å². The van der Waals surface area contributed by atoms with Gasteiger partial charge in [-0.05, 0) is 6.42 Å². The predicted octanol–water partition coefficient (Wildman–Crippen LogP) is 0.0607. The van der Waals surface area contributed by atoms with Gasteiger partial charge in [-0.2, -0.15) is 9.29 Å². The van der Waals surface area contributed by atoms with Crippen molar-refractivity contribution in [3.63, 3.8) is 0 Å². The van der Waals surface area contributed by atoms with Gasteiger partial charge >= 0.3 is 0 Å². The Labute approximate surface area is 133 Å². The molecule has 3 rings (SSSR count). The molecule has 0 amide bonds. The van der Waals surface area contributed by atoms with Gasteiger partial charge in [0, 0.05) is 19.8 Å². The van der Waals surface area contributed by atoms with Gasteiger partial charge in [0.25, 0.3) is 10.0 Å². The molecule has 0 saturated carbocycles. The third-order valence-electron chi connectivity index (χ3n) is 3.48. The molecule has 124 valence electrons. The minimum absolute atomic E-state index is 0.0434. The van der Waals surface area contributed by atoms with Crippen LogP contribution in [-0.4, -0.2) is 58.5 Å². The summed E-state index contributed by atoms with van der Waals surface area (Å²) in [5.74, 6) is 0.657. The number of sulfonamides is 1. The number of aromatic nitrogens is 4. The van der Waals surface area contributed by atoms with Crippen molar-refractivity contribution < 1.29 is 17.9 Å². The minimum atomic E-state index is -3.60. The molecular formula is C13H17N5O4S. The highest BCUT2D eigenvalue weighted by Crippen LogP contribution is 2.23. The number of rotatable bonds is 5. The van der Waals surface area contributed by atoms with Crippen LogP contribution in [0.2, 0.25) is 0 Å². The first-order valence-electron chi connectivity index (χ1n) is 7.00. The number of hydrogen-bond donors (Lipinski definition) is 0. The first-order chi connectivity index (χ1) is 11.0. The molecule has 10 heteroatoms. The van der Waals surface area contributed by atoms with Crippen molar-refractivity contribution in [1.29, 1.82) is 0 Å². The Balaban J connectivity index is 1.68. The average molecular weight is 339 g/mol. The smallest absolute Gasteiger partial charge is 0.262 e. The molecule has 0 aromatic carbocycles. The summed E-state index contributed by atoms with van der Waals surface area (Å²) in [5.41, 5.74) is 0. The third-order valence-corrected chi connectivity index (χ3v) is 5.23. The Morgan fingerprint density at radius 2 is 2.09 bits per heavy atom. The molecule has 2 aromatic heterocycles. The fourth-order valence-electron chi connectivity index (χ4n) is 2.32. The summed E-state index contributed by atoms with van der Waals surface area (Å²) in [7, 11) is -0.379. The first kappa shape index (κ1) is 15.7. The zero-order valence-electron chi connectivity index (χ0n) is 12.8. The van der Waals surface area contributed by atoms with Gasteiger partial charge in [-0.1, -0.05) is 0 Å². The third kappa shape index (κ3) is 3.27. The molecule has 23 heavy (non-hydrogen) atoms. The molecule has 0 bridgehead atoms. The summed E-state index contributed by atoms with van der Waals surface area (Å²) in [4.78, 5) is 12.0. The van der Waals surface area contributed by atoms with Crippen LogP contribution in [0.15, 0.2) is 29.9 Å². The lowest BCUT2D eigenvalue weighted by Gasteiger charge is -2.15. The number of imidazole rings is 1. The van der Waals surface area contributed by atoms with E-state index in [0.717, 1.165) is 0 Å². The van der Waals surface area contributed by atoms with Crippen molar-refractivity contribution in [2.75, 3.05) is 20.2 Å². The highest BCUT2D eigenvalue weighted by Gasteiger charge is 2.35. The van der Waals surface area contributed by atoms with Gasteiger partial charge in [-0.25, -0.2) is 13.4 Å². The maximum atomic E-state index is 12.5. The Morgan fingerprint density at radius 3 is 2.78 bits per heavy atom. The molecular weight excluding hydrogens is 322 g/mol. The fraction of sp³-hybridized carbons (Fsp3) is 0.462. The van der Waals surface area contributed by atoms with Crippen LogP contribution in [0.5, 0.6) is 11.8 Å². The minimum Gasteiger partial charge on any atom is -0.480 e. The van der Waals surface area contributed by atoms with Crippen LogP contribution >= 0.6 is 0 Å². The van der Waals surface area contributed by atoms with Crippen molar-refractivity contribution >= 4 is 10.0 Å². The number of aryl methyl sites for hydroxylation is 1. The largest absolute Gasteiger partial charge is 0.480 e. The zero-order chi connectivity index (χ0) is 16.4. The SMILES string of the molecule is COc1cncc(O[C@H]2CCN(S(=O)(=O)c3cn(C)cn3)C2)n1. The van der Waals surface area contributed by atoms with Crippen LogP contribution in [0.4, 0.5) is 0 Å². The van der Waals surface area contributed by atoms with Crippen LogP contribution in [0.1, 0.15) is 6.42 Å². The standard InChI is InChI=1S/C13H17N5O4S/c1-17-8-13(15-9-17)23(19,20)18-4-3-10(7-18)22-12-6-14-5-11(16-12)21-2/h5-6,8-10H,3-4,7H2,1-2H3/t10-/m0/s1. The van der Waals surface area contributed by atoms with Crippen LogP contribution in [-0.2, 0) is 17.1 Å². The second kappa shape index (κ2) is 6.13. The summed E-state index contributed by atoms with van der Waals surface area (Å²) in [6.07, 6.45) is 6.18. The maximum Gasteiger partial charge on any atom is 0.262 e. The molecule has 0 unspecified atom stereocenters. The molecule has 0 spiro atoms. The van der Waals surface area contributed by atoms with E-state index in [-0.39, 0.29) is 17.7 Å². The zero-order valence-corrected chi connectivity index (χ0v) is 13.6. The van der Waals surface area contributed by atoms with E-state index >= 15 is 0 Å². The van der Waals surface area contributed by atoms with Gasteiger partial charge in [0.1, 0.15) is 6.10 Å². The fourth-order valence-corrected chi connectivity index (χ4v) is 3.78. The van der Waals surface area contributed by atoms with Crippen molar-refractivity contribution in [2.24, 2.45) is 7.05 Å². The van der Waals surface area contributed by atoms with Crippen LogP contribution in [0, 0.1) is 0 Å². The van der Waals surface area contributed by atoms with Crippen LogP contribution < -0.4 is 9.47 Å². The summed E-state index contributed by atoms with van der Waals surface area (Å²) in [6, 6.07) is 0. The van der Waals surface area contributed by atoms with Gasteiger partial charge in [0.05, 0.1) is 32.4 Å². The van der Waals surface area contributed by atoms with E-state index in [1.165, 1.54) is 36.3 Å². The van der Waals surface area contributed by atoms with Gasteiger partial charge in [0.15, 0.2) is 5.03 Å². The van der Waals surface area contributed by atoms with E-state index in [0.29, 0.717) is 24.7 Å². The van der Waals surface area contributed by atoms with E-state index in [1.807, 2.05) is 0 Å². The second-order valence-corrected chi connectivity index (χ2v) is 7.05. The van der Waals surface area contributed by atoms with Crippen LogP contribution in [0.3, 0.4) is 0 Å². The first-order valence-corrected chi connectivity index (χ1v) is 8.44. The normalized spacial score (nSPS) is 19.0. The Morgan fingerprint density at radius 1 is 1.30 bits per heavy atom. The summed E-state index contributed by atoms with van der Waals surface area (Å²) < 4.78 is 38.6. The Hall–Kier alpha value is -2.20. The lowest BCUT2D eigenvalue weighted by molar-refractivity contribution is 0.203. The van der Waals surface area contributed by atoms with Crippen molar-refractivity contribution in [1.82, 2.24) is 23.8 Å². The number of hydrogen-bond acceptors (Lipinski definition) is 7. The quantitative estimate of drug-likeness (QED) is 0.759. The molecule has 0 N–H and O–H groups in total. The van der Waals surface area contributed by atoms with E-state index in [4.69, 9.17) is 9.47 Å².